The van der Waals surface area contributed by atoms with E-state index < -0.39 is 0 Å². The Morgan fingerprint density at radius 2 is 2.38 bits per heavy atom. The van der Waals surface area contributed by atoms with Gasteiger partial charge in [-0.2, -0.15) is 0 Å². The number of hydrogen-bond acceptors (Lipinski definition) is 3. The Morgan fingerprint density at radius 3 is 2.92 bits per heavy atom. The Bertz CT molecular complexity index is 285. The lowest BCUT2D eigenvalue weighted by atomic mass is 10.2. The summed E-state index contributed by atoms with van der Waals surface area (Å²) in [5.74, 6) is 0.209. The lowest BCUT2D eigenvalue weighted by Gasteiger charge is -1.98. The summed E-state index contributed by atoms with van der Waals surface area (Å²) in [6.45, 7) is 3.26. The zero-order chi connectivity index (χ0) is 9.68. The highest BCUT2D eigenvalue weighted by Crippen LogP contribution is 2.21. The largest absolute Gasteiger partial charge is 0.310 e. The first-order valence-electron chi connectivity index (χ1n) is 4.19. The van der Waals surface area contributed by atoms with Gasteiger partial charge in [0.05, 0.1) is 10.9 Å². The molecule has 2 nitrogen and oxygen atoms in total. The van der Waals surface area contributed by atoms with Crippen LogP contribution in [0.2, 0.25) is 4.34 Å². The van der Waals surface area contributed by atoms with Crippen molar-refractivity contribution >= 4 is 28.7 Å². The lowest BCUT2D eigenvalue weighted by molar-refractivity contribution is -0.117. The van der Waals surface area contributed by atoms with Crippen molar-refractivity contribution in [3.63, 3.8) is 0 Å². The summed E-state index contributed by atoms with van der Waals surface area (Å²) in [4.78, 5) is 12.3. The number of nitrogens with one attached hydrogen (secondary N) is 1. The number of Topliss-reactive ketones (excluding diaryl/α,β-unsaturated/α-hetero) is 1. The van der Waals surface area contributed by atoms with E-state index in [4.69, 9.17) is 11.6 Å². The predicted octanol–water partition coefficient (Wildman–Crippen LogP) is 2.12. The van der Waals surface area contributed by atoms with Crippen molar-refractivity contribution in [1.29, 1.82) is 0 Å². The first-order valence-corrected chi connectivity index (χ1v) is 5.38. The number of rotatable bonds is 5. The van der Waals surface area contributed by atoms with Crippen molar-refractivity contribution in [2.75, 3.05) is 13.1 Å². The SMILES string of the molecule is CCNCC(=O)Cc1ccc(Cl)s1. The summed E-state index contributed by atoms with van der Waals surface area (Å²) < 4.78 is 0.742. The normalized spacial score (nSPS) is 10.3. The molecule has 0 aliphatic carbocycles. The first kappa shape index (κ1) is 10.7. The Kier molecular flexibility index (Phi) is 4.42. The Balaban J connectivity index is 2.36. The number of hydrogen-bond donors (Lipinski definition) is 1. The minimum atomic E-state index is 0.209. The molecule has 0 saturated heterocycles. The Labute approximate surface area is 86.9 Å². The van der Waals surface area contributed by atoms with Gasteiger partial charge in [-0.25, -0.2) is 0 Å². The molecule has 0 atom stereocenters. The van der Waals surface area contributed by atoms with Gasteiger partial charge in [0.2, 0.25) is 0 Å². The molecule has 1 N–H and O–H groups in total. The van der Waals surface area contributed by atoms with E-state index >= 15 is 0 Å². The van der Waals surface area contributed by atoms with E-state index in [1.165, 1.54) is 11.3 Å². The maximum absolute atomic E-state index is 11.3. The molecule has 72 valence electrons. The second-order valence-electron chi connectivity index (χ2n) is 2.70. The summed E-state index contributed by atoms with van der Waals surface area (Å²) in [6.07, 6.45) is 0.490. The average Bonchev–Trinajstić information content (AvgIpc) is 2.48. The minimum absolute atomic E-state index is 0.209. The summed E-state index contributed by atoms with van der Waals surface area (Å²) in [5.41, 5.74) is 0. The van der Waals surface area contributed by atoms with Crippen molar-refractivity contribution in [2.45, 2.75) is 13.3 Å². The Morgan fingerprint density at radius 1 is 1.62 bits per heavy atom. The standard InChI is InChI=1S/C9H12ClNOS/c1-2-11-6-7(12)5-8-3-4-9(10)13-8/h3-4,11H,2,5-6H2,1H3. The molecule has 1 rings (SSSR count). The first-order chi connectivity index (χ1) is 6.22. The number of carbonyl (C=O) groups is 1. The third kappa shape index (κ3) is 3.89. The molecular weight excluding hydrogens is 206 g/mol. The molecule has 0 amide bonds. The van der Waals surface area contributed by atoms with Gasteiger partial charge in [0, 0.05) is 11.3 Å². The van der Waals surface area contributed by atoms with E-state index in [9.17, 15) is 4.79 Å². The van der Waals surface area contributed by atoms with Gasteiger partial charge in [0.25, 0.3) is 0 Å². The number of likely N-dealkylation sites (N-methyl/N-ethyl adjacent to an activating group) is 1. The van der Waals surface area contributed by atoms with E-state index in [0.717, 1.165) is 15.8 Å². The quantitative estimate of drug-likeness (QED) is 0.819. The third-order valence-electron chi connectivity index (χ3n) is 1.57. The molecule has 1 heterocycles. The highest BCUT2D eigenvalue weighted by atomic mass is 35.5. The monoisotopic (exact) mass is 217 g/mol. The smallest absolute Gasteiger partial charge is 0.151 e. The highest BCUT2D eigenvalue weighted by Gasteiger charge is 2.04. The minimum Gasteiger partial charge on any atom is -0.310 e. The van der Waals surface area contributed by atoms with Gasteiger partial charge in [0.15, 0.2) is 5.78 Å². The van der Waals surface area contributed by atoms with Crippen LogP contribution in [0.4, 0.5) is 0 Å². The zero-order valence-corrected chi connectivity index (χ0v) is 9.04. The van der Waals surface area contributed by atoms with Crippen molar-refractivity contribution < 1.29 is 4.79 Å². The molecule has 13 heavy (non-hydrogen) atoms. The molecule has 0 fully saturated rings. The van der Waals surface area contributed by atoms with Crippen LogP contribution in [0.3, 0.4) is 0 Å². The van der Waals surface area contributed by atoms with Gasteiger partial charge < -0.3 is 5.32 Å². The van der Waals surface area contributed by atoms with Crippen LogP contribution in [0.5, 0.6) is 0 Å². The molecule has 0 aromatic carbocycles. The van der Waals surface area contributed by atoms with Crippen LogP contribution in [0.15, 0.2) is 12.1 Å². The van der Waals surface area contributed by atoms with E-state index in [0.29, 0.717) is 13.0 Å². The second kappa shape index (κ2) is 5.37. The van der Waals surface area contributed by atoms with Crippen LogP contribution in [0.25, 0.3) is 0 Å². The van der Waals surface area contributed by atoms with Crippen molar-refractivity contribution in [3.05, 3.63) is 21.3 Å². The van der Waals surface area contributed by atoms with Crippen LogP contribution in [0.1, 0.15) is 11.8 Å². The third-order valence-corrected chi connectivity index (χ3v) is 2.80. The number of thiophene rings is 1. The van der Waals surface area contributed by atoms with Gasteiger partial charge in [-0.05, 0) is 18.7 Å². The topological polar surface area (TPSA) is 29.1 Å². The molecule has 0 unspecified atom stereocenters. The van der Waals surface area contributed by atoms with Crippen LogP contribution < -0.4 is 5.32 Å². The highest BCUT2D eigenvalue weighted by molar-refractivity contribution is 7.16. The van der Waals surface area contributed by atoms with Crippen molar-refractivity contribution in [2.24, 2.45) is 0 Å². The second-order valence-corrected chi connectivity index (χ2v) is 4.50. The van der Waals surface area contributed by atoms with Crippen molar-refractivity contribution in [3.8, 4) is 0 Å². The molecule has 0 radical (unpaired) electrons. The predicted molar refractivity (Wildman–Crippen MR) is 56.6 cm³/mol. The van der Waals surface area contributed by atoms with Crippen molar-refractivity contribution in [1.82, 2.24) is 5.32 Å². The van der Waals surface area contributed by atoms with Gasteiger partial charge in [0.1, 0.15) is 0 Å². The molecule has 0 aliphatic rings. The molecule has 1 aromatic heterocycles. The van der Waals surface area contributed by atoms with Crippen LogP contribution in [-0.4, -0.2) is 18.9 Å². The van der Waals surface area contributed by atoms with E-state index in [1.807, 2.05) is 19.1 Å². The van der Waals surface area contributed by atoms with Crippen LogP contribution in [0, 0.1) is 0 Å². The van der Waals surface area contributed by atoms with Gasteiger partial charge in [-0.15, -0.1) is 11.3 Å². The van der Waals surface area contributed by atoms with Crippen LogP contribution in [-0.2, 0) is 11.2 Å². The number of halogens is 1. The van der Waals surface area contributed by atoms with Gasteiger partial charge in [-0.3, -0.25) is 4.79 Å². The molecule has 0 saturated carbocycles. The maximum Gasteiger partial charge on any atom is 0.151 e. The van der Waals surface area contributed by atoms with E-state index in [-0.39, 0.29) is 5.78 Å². The summed E-state index contributed by atoms with van der Waals surface area (Å²) in [7, 11) is 0. The van der Waals surface area contributed by atoms with Gasteiger partial charge in [-0.1, -0.05) is 18.5 Å². The van der Waals surface area contributed by atoms with E-state index in [1.54, 1.807) is 0 Å². The Hall–Kier alpha value is -0.380. The molecule has 4 heteroatoms. The summed E-state index contributed by atoms with van der Waals surface area (Å²) >= 11 is 7.21. The summed E-state index contributed by atoms with van der Waals surface area (Å²) in [6, 6.07) is 3.72. The fraction of sp³-hybridized carbons (Fsp3) is 0.444. The lowest BCUT2D eigenvalue weighted by Crippen LogP contribution is -2.23. The molecule has 1 aromatic rings. The molecule has 0 aliphatic heterocycles. The zero-order valence-electron chi connectivity index (χ0n) is 7.47. The fourth-order valence-corrected chi connectivity index (χ4v) is 2.08. The molecular formula is C9H12ClNOS. The average molecular weight is 218 g/mol. The molecule has 0 spiro atoms. The van der Waals surface area contributed by atoms with Gasteiger partial charge >= 0.3 is 0 Å². The van der Waals surface area contributed by atoms with Crippen LogP contribution >= 0.6 is 22.9 Å². The molecule has 0 bridgehead atoms. The van der Waals surface area contributed by atoms with E-state index in [2.05, 4.69) is 5.32 Å². The number of ketones is 1. The number of carbonyl (C=O) groups excluding carboxylic acids is 1. The maximum atomic E-state index is 11.3. The fourth-order valence-electron chi connectivity index (χ4n) is 0.968. The summed E-state index contributed by atoms with van der Waals surface area (Å²) in [5, 5.41) is 3.00.